The van der Waals surface area contributed by atoms with Crippen LogP contribution in [0.4, 0.5) is 0 Å². The van der Waals surface area contributed by atoms with E-state index in [0.717, 1.165) is 31.8 Å². The Kier molecular flexibility index (Phi) is 4.00. The third kappa shape index (κ3) is 2.77. The van der Waals surface area contributed by atoms with Gasteiger partial charge in [0.2, 0.25) is 5.91 Å². The normalized spacial score (nSPS) is 31.2. The molecule has 2 saturated heterocycles. The van der Waals surface area contributed by atoms with Crippen LogP contribution >= 0.6 is 11.8 Å². The molecule has 4 nitrogen and oxygen atoms in total. The number of carbonyl (C=O) groups excluding carboxylic acids is 1. The molecular formula is C12H23N3OS. The molecule has 2 unspecified atom stereocenters. The van der Waals surface area contributed by atoms with E-state index in [0.29, 0.717) is 0 Å². The van der Waals surface area contributed by atoms with E-state index in [1.807, 2.05) is 30.5 Å². The van der Waals surface area contributed by atoms with Gasteiger partial charge in [0, 0.05) is 25.4 Å². The summed E-state index contributed by atoms with van der Waals surface area (Å²) in [4.78, 5) is 14.3. The minimum absolute atomic E-state index is 0.116. The lowest BCUT2D eigenvalue weighted by atomic mass is 10.00. The Labute approximate surface area is 108 Å². The molecule has 98 valence electrons. The number of thioether (sulfide) groups is 1. The first kappa shape index (κ1) is 13.2. The van der Waals surface area contributed by atoms with E-state index in [-0.39, 0.29) is 22.7 Å². The summed E-state index contributed by atoms with van der Waals surface area (Å²) in [6, 6.07) is -0.350. The highest BCUT2D eigenvalue weighted by atomic mass is 32.2. The summed E-state index contributed by atoms with van der Waals surface area (Å²) in [5, 5.41) is 3.55. The van der Waals surface area contributed by atoms with Crippen LogP contribution in [0.25, 0.3) is 0 Å². The maximum atomic E-state index is 12.2. The molecule has 5 heteroatoms. The molecule has 2 aliphatic rings. The predicted octanol–water partition coefficient (Wildman–Crippen LogP) is 0.625. The molecule has 0 aromatic carbocycles. The monoisotopic (exact) mass is 257 g/mol. The SMILES string of the molecule is CC(C)C(N)C(=O)N1CCCC2(C1)NCCS2. The fourth-order valence-electron chi connectivity index (χ4n) is 2.54. The lowest BCUT2D eigenvalue weighted by Crippen LogP contribution is -2.57. The summed E-state index contributed by atoms with van der Waals surface area (Å²) in [5.41, 5.74) is 5.96. The Hall–Kier alpha value is -0.260. The lowest BCUT2D eigenvalue weighted by molar-refractivity contribution is -0.135. The average Bonchev–Trinajstić information content (AvgIpc) is 2.75. The number of piperidine rings is 1. The summed E-state index contributed by atoms with van der Waals surface area (Å²) in [6.45, 7) is 6.75. The van der Waals surface area contributed by atoms with Crippen LogP contribution in [0.5, 0.6) is 0 Å². The van der Waals surface area contributed by atoms with Crippen LogP contribution in [0.2, 0.25) is 0 Å². The molecule has 0 radical (unpaired) electrons. The number of rotatable bonds is 2. The number of hydrogen-bond donors (Lipinski definition) is 2. The predicted molar refractivity (Wildman–Crippen MR) is 71.8 cm³/mol. The summed E-state index contributed by atoms with van der Waals surface area (Å²) < 4.78 is 0. The molecule has 2 fully saturated rings. The summed E-state index contributed by atoms with van der Waals surface area (Å²) in [6.07, 6.45) is 2.24. The molecule has 0 saturated carbocycles. The van der Waals surface area contributed by atoms with Gasteiger partial charge in [0.1, 0.15) is 0 Å². The molecule has 17 heavy (non-hydrogen) atoms. The highest BCUT2D eigenvalue weighted by Gasteiger charge is 2.40. The number of hydrogen-bond acceptors (Lipinski definition) is 4. The molecule has 2 heterocycles. The summed E-state index contributed by atoms with van der Waals surface area (Å²) >= 11 is 1.96. The first-order valence-corrected chi connectivity index (χ1v) is 7.46. The topological polar surface area (TPSA) is 58.4 Å². The molecule has 3 N–H and O–H groups in total. The number of nitrogens with two attached hydrogens (primary N) is 1. The highest BCUT2D eigenvalue weighted by Crippen LogP contribution is 2.35. The van der Waals surface area contributed by atoms with Gasteiger partial charge < -0.3 is 16.0 Å². The second kappa shape index (κ2) is 5.16. The van der Waals surface area contributed by atoms with Gasteiger partial charge in [-0.1, -0.05) is 13.8 Å². The first-order valence-electron chi connectivity index (χ1n) is 6.47. The molecule has 0 aromatic heterocycles. The third-order valence-corrected chi connectivity index (χ3v) is 5.14. The average molecular weight is 257 g/mol. The fraction of sp³-hybridized carbons (Fsp3) is 0.917. The van der Waals surface area contributed by atoms with Gasteiger partial charge in [-0.2, -0.15) is 0 Å². The highest BCUT2D eigenvalue weighted by molar-refractivity contribution is 8.00. The van der Waals surface area contributed by atoms with Gasteiger partial charge >= 0.3 is 0 Å². The number of amides is 1. The van der Waals surface area contributed by atoms with Crippen molar-refractivity contribution in [1.29, 1.82) is 0 Å². The Morgan fingerprint density at radius 2 is 2.29 bits per heavy atom. The number of nitrogens with zero attached hydrogens (tertiary/aromatic N) is 1. The second-order valence-electron chi connectivity index (χ2n) is 5.40. The van der Waals surface area contributed by atoms with Crippen LogP contribution in [0.15, 0.2) is 0 Å². The van der Waals surface area contributed by atoms with Crippen LogP contribution in [0.1, 0.15) is 26.7 Å². The Morgan fingerprint density at radius 1 is 1.53 bits per heavy atom. The molecule has 0 bridgehead atoms. The van der Waals surface area contributed by atoms with E-state index in [9.17, 15) is 4.79 Å². The van der Waals surface area contributed by atoms with Crippen molar-refractivity contribution in [1.82, 2.24) is 10.2 Å². The quantitative estimate of drug-likeness (QED) is 0.761. The van der Waals surface area contributed by atoms with Gasteiger partial charge in [0.25, 0.3) is 0 Å². The molecule has 2 rings (SSSR count). The summed E-state index contributed by atoms with van der Waals surface area (Å²) in [5.74, 6) is 1.48. The van der Waals surface area contributed by atoms with Crippen LogP contribution in [-0.4, -0.2) is 47.1 Å². The van der Waals surface area contributed by atoms with Crippen LogP contribution in [-0.2, 0) is 4.79 Å². The fourth-order valence-corrected chi connectivity index (χ4v) is 3.88. The van der Waals surface area contributed by atoms with E-state index >= 15 is 0 Å². The summed E-state index contributed by atoms with van der Waals surface area (Å²) in [7, 11) is 0. The van der Waals surface area contributed by atoms with Crippen molar-refractivity contribution in [3.8, 4) is 0 Å². The van der Waals surface area contributed by atoms with Gasteiger partial charge in [-0.05, 0) is 18.8 Å². The first-order chi connectivity index (χ1) is 8.04. The van der Waals surface area contributed by atoms with Crippen molar-refractivity contribution in [3.05, 3.63) is 0 Å². The maximum Gasteiger partial charge on any atom is 0.239 e. The Bertz CT molecular complexity index is 289. The van der Waals surface area contributed by atoms with Gasteiger partial charge in [0.05, 0.1) is 10.9 Å². The molecule has 1 spiro atoms. The number of nitrogens with one attached hydrogen (secondary N) is 1. The Balaban J connectivity index is 1.99. The van der Waals surface area contributed by atoms with Crippen molar-refractivity contribution >= 4 is 17.7 Å². The third-order valence-electron chi connectivity index (χ3n) is 3.70. The van der Waals surface area contributed by atoms with Crippen LogP contribution in [0.3, 0.4) is 0 Å². The lowest BCUT2D eigenvalue weighted by Gasteiger charge is -2.41. The second-order valence-corrected chi connectivity index (χ2v) is 6.88. The van der Waals surface area contributed by atoms with E-state index < -0.39 is 0 Å². The molecule has 0 aromatic rings. The zero-order chi connectivity index (χ0) is 12.5. The minimum atomic E-state index is -0.350. The maximum absolute atomic E-state index is 12.2. The van der Waals surface area contributed by atoms with Crippen molar-refractivity contribution in [2.75, 3.05) is 25.4 Å². The van der Waals surface area contributed by atoms with E-state index in [1.54, 1.807) is 0 Å². The molecule has 1 amide bonds. The van der Waals surface area contributed by atoms with Crippen LogP contribution in [0, 0.1) is 5.92 Å². The van der Waals surface area contributed by atoms with Crippen molar-refractivity contribution in [2.45, 2.75) is 37.6 Å². The largest absolute Gasteiger partial charge is 0.339 e. The van der Waals surface area contributed by atoms with Gasteiger partial charge in [0.15, 0.2) is 0 Å². The molecule has 0 aliphatic carbocycles. The number of likely N-dealkylation sites (tertiary alicyclic amines) is 1. The van der Waals surface area contributed by atoms with E-state index in [1.165, 1.54) is 6.42 Å². The molecule has 2 atom stereocenters. The zero-order valence-electron chi connectivity index (χ0n) is 10.7. The minimum Gasteiger partial charge on any atom is -0.339 e. The van der Waals surface area contributed by atoms with Gasteiger partial charge in [-0.3, -0.25) is 4.79 Å². The zero-order valence-corrected chi connectivity index (χ0v) is 11.6. The number of carbonyl (C=O) groups is 1. The van der Waals surface area contributed by atoms with Gasteiger partial charge in [-0.15, -0.1) is 11.8 Å². The Morgan fingerprint density at radius 3 is 2.88 bits per heavy atom. The van der Waals surface area contributed by atoms with Crippen molar-refractivity contribution < 1.29 is 4.79 Å². The van der Waals surface area contributed by atoms with Gasteiger partial charge in [-0.25, -0.2) is 0 Å². The molecular weight excluding hydrogens is 234 g/mol. The smallest absolute Gasteiger partial charge is 0.239 e. The van der Waals surface area contributed by atoms with E-state index in [2.05, 4.69) is 5.32 Å². The van der Waals surface area contributed by atoms with Crippen molar-refractivity contribution in [2.24, 2.45) is 11.7 Å². The van der Waals surface area contributed by atoms with E-state index in [4.69, 9.17) is 5.73 Å². The van der Waals surface area contributed by atoms with Crippen molar-refractivity contribution in [3.63, 3.8) is 0 Å². The molecule has 2 aliphatic heterocycles. The standard InChI is InChI=1S/C12H23N3OS/c1-9(2)10(13)11(16)15-6-3-4-12(8-15)14-5-7-17-12/h9-10,14H,3-8,13H2,1-2H3. The van der Waals surface area contributed by atoms with Crippen LogP contribution < -0.4 is 11.1 Å².